The predicted molar refractivity (Wildman–Crippen MR) is 47.9 cm³/mol. The maximum Gasteiger partial charge on any atom is 0.264 e. The van der Waals surface area contributed by atoms with Crippen molar-refractivity contribution in [1.82, 2.24) is 0 Å². The summed E-state index contributed by atoms with van der Waals surface area (Å²) in [6.07, 6.45) is 0.609. The molecule has 0 aromatic heterocycles. The summed E-state index contributed by atoms with van der Waals surface area (Å²) < 4.78 is 28.9. The number of rotatable bonds is 5. The van der Waals surface area contributed by atoms with E-state index in [-0.39, 0.29) is 14.5 Å². The molecule has 1 radical (unpaired) electrons. The third kappa shape index (κ3) is 8.03. The van der Waals surface area contributed by atoms with Crippen LogP contribution in [-0.4, -0.2) is 27.5 Å². The highest BCUT2D eigenvalue weighted by Gasteiger charge is 2.06. The molecule has 0 aliphatic rings. The van der Waals surface area contributed by atoms with Gasteiger partial charge in [0.25, 0.3) is 10.1 Å². The van der Waals surface area contributed by atoms with Gasteiger partial charge in [-0.05, 0) is 6.42 Å². The van der Waals surface area contributed by atoms with Crippen LogP contribution in [0.15, 0.2) is 0 Å². The van der Waals surface area contributed by atoms with Crippen LogP contribution in [-0.2, 0) is 10.1 Å². The molecule has 11 heavy (non-hydrogen) atoms. The fraction of sp³-hybridized carbons (Fsp3) is 1.00. The normalized spacial score (nSPS) is 12.4. The number of hydrogen-bond acceptors (Lipinski definition) is 2. The lowest BCUT2D eigenvalue weighted by atomic mass is 10.6. The van der Waals surface area contributed by atoms with Crippen molar-refractivity contribution in [1.29, 1.82) is 0 Å². The minimum absolute atomic E-state index is 0.0744. The summed E-state index contributed by atoms with van der Waals surface area (Å²) in [5, 5.41) is 0. The zero-order chi connectivity index (χ0) is 8.91. The third-order valence-electron chi connectivity index (χ3n) is 1.61. The molecule has 0 bridgehead atoms. The van der Waals surface area contributed by atoms with E-state index in [1.54, 1.807) is 0 Å². The lowest BCUT2D eigenvalue weighted by Crippen LogP contribution is -2.09. The molecule has 0 aromatic rings. The van der Waals surface area contributed by atoms with Crippen molar-refractivity contribution >= 4 is 18.9 Å². The van der Waals surface area contributed by atoms with Crippen molar-refractivity contribution in [3.8, 4) is 0 Å². The van der Waals surface area contributed by atoms with E-state index in [0.717, 1.165) is 12.1 Å². The topological polar surface area (TPSA) is 54.4 Å². The Morgan fingerprint density at radius 1 is 1.45 bits per heavy atom. The second kappa shape index (κ2) is 4.90. The first-order valence-electron chi connectivity index (χ1n) is 3.72. The van der Waals surface area contributed by atoms with Gasteiger partial charge in [-0.1, -0.05) is 25.6 Å². The van der Waals surface area contributed by atoms with Crippen LogP contribution in [0.2, 0.25) is 18.6 Å². The molecule has 0 amide bonds. The van der Waals surface area contributed by atoms with Crippen molar-refractivity contribution in [2.24, 2.45) is 0 Å². The Kier molecular flexibility index (Phi) is 4.95. The van der Waals surface area contributed by atoms with Gasteiger partial charge < -0.3 is 0 Å². The molecule has 0 saturated heterocycles. The van der Waals surface area contributed by atoms with Gasteiger partial charge in [-0.15, -0.1) is 0 Å². The van der Waals surface area contributed by atoms with Crippen molar-refractivity contribution in [2.45, 2.75) is 32.0 Å². The maximum absolute atomic E-state index is 10.3. The molecule has 0 spiro atoms. The molecule has 0 saturated carbocycles. The molecular formula is C6H15O3SSi. The van der Waals surface area contributed by atoms with Crippen LogP contribution in [0, 0.1) is 0 Å². The lowest BCUT2D eigenvalue weighted by Gasteiger charge is -2.03. The Balaban J connectivity index is 3.43. The highest BCUT2D eigenvalue weighted by atomic mass is 32.2. The third-order valence-corrected chi connectivity index (χ3v) is 4.83. The smallest absolute Gasteiger partial charge is 0.264 e. The summed E-state index contributed by atoms with van der Waals surface area (Å²) >= 11 is 0. The zero-order valence-electron chi connectivity index (χ0n) is 7.00. The Bertz CT molecular complexity index is 188. The van der Waals surface area contributed by atoms with Crippen LogP contribution in [0.25, 0.3) is 0 Å². The lowest BCUT2D eigenvalue weighted by molar-refractivity contribution is 0.482. The van der Waals surface area contributed by atoms with E-state index in [2.05, 4.69) is 13.5 Å². The van der Waals surface area contributed by atoms with Gasteiger partial charge in [-0.2, -0.15) is 8.42 Å². The molecular weight excluding hydrogens is 180 g/mol. The maximum atomic E-state index is 10.3. The van der Waals surface area contributed by atoms with Crippen LogP contribution >= 0.6 is 0 Å². The van der Waals surface area contributed by atoms with Gasteiger partial charge >= 0.3 is 0 Å². The monoisotopic (exact) mass is 195 g/mol. The molecule has 0 rings (SSSR count). The van der Waals surface area contributed by atoms with E-state index < -0.39 is 10.1 Å². The highest BCUT2D eigenvalue weighted by molar-refractivity contribution is 7.85. The van der Waals surface area contributed by atoms with E-state index in [9.17, 15) is 8.42 Å². The first-order chi connectivity index (χ1) is 4.95. The number of hydrogen-bond donors (Lipinski definition) is 1. The second-order valence-electron chi connectivity index (χ2n) is 2.70. The van der Waals surface area contributed by atoms with Crippen LogP contribution < -0.4 is 0 Å². The minimum Gasteiger partial charge on any atom is -0.286 e. The van der Waals surface area contributed by atoms with Crippen LogP contribution in [0.4, 0.5) is 0 Å². The van der Waals surface area contributed by atoms with E-state index in [1.165, 1.54) is 0 Å². The van der Waals surface area contributed by atoms with Gasteiger partial charge in [0, 0.05) is 8.80 Å². The Morgan fingerprint density at radius 3 is 2.36 bits per heavy atom. The van der Waals surface area contributed by atoms with Crippen LogP contribution in [0.3, 0.4) is 0 Å². The Hall–Kier alpha value is 0.127. The summed E-state index contributed by atoms with van der Waals surface area (Å²) in [4.78, 5) is 0. The van der Waals surface area contributed by atoms with Crippen molar-refractivity contribution in [3.63, 3.8) is 0 Å². The van der Waals surface area contributed by atoms with Crippen molar-refractivity contribution < 1.29 is 13.0 Å². The molecule has 0 atom stereocenters. The molecule has 5 heteroatoms. The summed E-state index contributed by atoms with van der Waals surface area (Å²) in [5.74, 6) is -0.0744. The first-order valence-corrected chi connectivity index (χ1v) is 7.74. The van der Waals surface area contributed by atoms with E-state index in [4.69, 9.17) is 4.55 Å². The molecule has 0 aliphatic heterocycles. The minimum atomic E-state index is -3.71. The van der Waals surface area contributed by atoms with Gasteiger partial charge in [0.15, 0.2) is 0 Å². The molecule has 0 aliphatic carbocycles. The molecule has 3 nitrogen and oxygen atoms in total. The van der Waals surface area contributed by atoms with Gasteiger partial charge in [0.2, 0.25) is 0 Å². The highest BCUT2D eigenvalue weighted by Crippen LogP contribution is 2.03. The Labute approximate surface area is 70.2 Å². The summed E-state index contributed by atoms with van der Waals surface area (Å²) in [6.45, 7) is 4.29. The predicted octanol–water partition coefficient (Wildman–Crippen LogP) is 1.41. The van der Waals surface area contributed by atoms with Gasteiger partial charge in [-0.25, -0.2) is 0 Å². The molecule has 0 fully saturated rings. The summed E-state index contributed by atoms with van der Waals surface area (Å²) in [6, 6.07) is 2.14. The zero-order valence-corrected chi connectivity index (χ0v) is 8.82. The van der Waals surface area contributed by atoms with Crippen LogP contribution in [0.1, 0.15) is 13.3 Å². The molecule has 0 aromatic carbocycles. The summed E-state index contributed by atoms with van der Waals surface area (Å²) in [7, 11) is -4.04. The van der Waals surface area contributed by atoms with E-state index in [0.29, 0.717) is 6.42 Å². The molecule has 0 unspecified atom stereocenters. The second-order valence-corrected chi connectivity index (χ2v) is 7.39. The fourth-order valence-electron chi connectivity index (χ4n) is 0.733. The van der Waals surface area contributed by atoms with Gasteiger partial charge in [0.05, 0.1) is 5.75 Å². The summed E-state index contributed by atoms with van der Waals surface area (Å²) in [5.41, 5.74) is 0. The fourth-order valence-corrected chi connectivity index (χ4v) is 2.63. The SMILES string of the molecule is CC[Si](C)CCCS(=O)(=O)O. The quantitative estimate of drug-likeness (QED) is 0.533. The largest absolute Gasteiger partial charge is 0.286 e. The van der Waals surface area contributed by atoms with Crippen LogP contribution in [0.5, 0.6) is 0 Å². The molecule has 0 heterocycles. The standard InChI is InChI=1S/C6H15O3SSi/c1-3-11(2)6-4-5-10(7,8)9/h3-6H2,1-2H3,(H,7,8,9). The average Bonchev–Trinajstić information content (AvgIpc) is 1.85. The van der Waals surface area contributed by atoms with E-state index in [1.807, 2.05) is 0 Å². The van der Waals surface area contributed by atoms with Gasteiger partial charge in [-0.3, -0.25) is 4.55 Å². The molecule has 67 valence electrons. The van der Waals surface area contributed by atoms with Gasteiger partial charge in [0.1, 0.15) is 0 Å². The van der Waals surface area contributed by atoms with Crippen molar-refractivity contribution in [2.75, 3.05) is 5.75 Å². The Morgan fingerprint density at radius 2 is 2.00 bits per heavy atom. The average molecular weight is 195 g/mol. The first kappa shape index (κ1) is 11.1. The van der Waals surface area contributed by atoms with Crippen molar-refractivity contribution in [3.05, 3.63) is 0 Å². The molecule has 1 N–H and O–H groups in total. The van der Waals surface area contributed by atoms with E-state index >= 15 is 0 Å².